The minimum absolute atomic E-state index is 0.0641. The summed E-state index contributed by atoms with van der Waals surface area (Å²) in [6.45, 7) is 0. The molecule has 0 aliphatic rings. The molecule has 0 bridgehead atoms. The highest BCUT2D eigenvalue weighted by Crippen LogP contribution is 2.25. The topological polar surface area (TPSA) is 118 Å². The van der Waals surface area contributed by atoms with Crippen LogP contribution in [-0.4, -0.2) is 38.5 Å². The van der Waals surface area contributed by atoms with Crippen molar-refractivity contribution in [2.45, 2.75) is 17.7 Å². The maximum atomic E-state index is 13.3. The summed E-state index contributed by atoms with van der Waals surface area (Å²) in [6, 6.07) is 14.0. The van der Waals surface area contributed by atoms with Gasteiger partial charge in [0.05, 0.1) is 4.90 Å². The summed E-state index contributed by atoms with van der Waals surface area (Å²) in [5.74, 6) is -1.65. The van der Waals surface area contributed by atoms with Crippen LogP contribution in [0.3, 0.4) is 0 Å². The number of rotatable bonds is 8. The minimum atomic E-state index is -4.05. The molecular weight excluding hydrogens is 447 g/mol. The molecule has 0 aliphatic carbocycles. The summed E-state index contributed by atoms with van der Waals surface area (Å²) in [5, 5.41) is 16.7. The first-order valence-corrected chi connectivity index (χ1v) is 11.4. The average Bonchev–Trinajstić information content (AvgIpc) is 3.49. The zero-order valence-electron chi connectivity index (χ0n) is 17.2. The van der Waals surface area contributed by atoms with Crippen molar-refractivity contribution in [2.24, 2.45) is 0 Å². The highest BCUT2D eigenvalue weighted by atomic mass is 32.2. The third-order valence-corrected chi connectivity index (χ3v) is 6.63. The first kappa shape index (κ1) is 22.2. The molecule has 10 heteroatoms. The normalized spacial score (nSPS) is 12.1. The number of aryl methyl sites for hydroxylation is 2. The Bertz CT molecular complexity index is 1390. The number of ketones is 1. The molecule has 2 heterocycles. The van der Waals surface area contributed by atoms with Gasteiger partial charge in [0.15, 0.2) is 5.82 Å². The molecule has 0 radical (unpaired) electrons. The number of nitrogens with one attached hydrogen (secondary N) is 1. The van der Waals surface area contributed by atoms with Crippen LogP contribution >= 0.6 is 0 Å². The summed E-state index contributed by atoms with van der Waals surface area (Å²) in [4.78, 5) is 15.9. The number of aromatic nitrogens is 4. The summed E-state index contributed by atoms with van der Waals surface area (Å²) < 4.78 is 40.4. The molecule has 0 spiro atoms. The lowest BCUT2D eigenvalue weighted by Gasteiger charge is -2.05. The van der Waals surface area contributed by atoms with Gasteiger partial charge in [0.1, 0.15) is 17.9 Å². The van der Waals surface area contributed by atoms with Crippen LogP contribution in [0.15, 0.2) is 84.3 Å². The third kappa shape index (κ3) is 4.90. The molecular formula is C23H19FN4O4S. The van der Waals surface area contributed by atoms with Gasteiger partial charge < -0.3 is 5.11 Å². The fourth-order valence-corrected chi connectivity index (χ4v) is 4.52. The quantitative estimate of drug-likeness (QED) is 0.233. The largest absolute Gasteiger partial charge is 0.507 e. The number of allylic oxidation sites excluding steroid dienone is 1. The van der Waals surface area contributed by atoms with Gasteiger partial charge in [-0.3, -0.25) is 9.89 Å². The van der Waals surface area contributed by atoms with Crippen molar-refractivity contribution >= 4 is 21.6 Å². The van der Waals surface area contributed by atoms with Gasteiger partial charge in [-0.1, -0.05) is 30.3 Å². The van der Waals surface area contributed by atoms with Crippen molar-refractivity contribution in [3.63, 3.8) is 0 Å². The van der Waals surface area contributed by atoms with Gasteiger partial charge in [-0.2, -0.15) is 5.10 Å². The Labute approximate surface area is 189 Å². The van der Waals surface area contributed by atoms with Crippen LogP contribution in [-0.2, 0) is 22.9 Å². The molecule has 0 atom stereocenters. The number of nitrogens with zero attached hydrogens (tertiary/aromatic N) is 3. The van der Waals surface area contributed by atoms with Crippen molar-refractivity contribution in [1.82, 2.24) is 19.2 Å². The monoisotopic (exact) mass is 466 g/mol. The smallest absolute Gasteiger partial charge is 0.267 e. The van der Waals surface area contributed by atoms with E-state index in [1.807, 2.05) is 30.3 Å². The summed E-state index contributed by atoms with van der Waals surface area (Å²) in [7, 11) is -4.05. The molecule has 0 amide bonds. The first-order valence-electron chi connectivity index (χ1n) is 9.91. The third-order valence-electron chi connectivity index (χ3n) is 4.99. The van der Waals surface area contributed by atoms with E-state index >= 15 is 0 Å². The maximum absolute atomic E-state index is 13.3. The molecule has 33 heavy (non-hydrogen) atoms. The van der Waals surface area contributed by atoms with Crippen LogP contribution in [0.4, 0.5) is 4.39 Å². The van der Waals surface area contributed by atoms with Gasteiger partial charge >= 0.3 is 0 Å². The number of H-pyrrole nitrogens is 1. The lowest BCUT2D eigenvalue weighted by molar-refractivity contribution is 0.103. The van der Waals surface area contributed by atoms with Crippen LogP contribution in [0.5, 0.6) is 0 Å². The highest BCUT2D eigenvalue weighted by molar-refractivity contribution is 7.90. The molecule has 8 nitrogen and oxygen atoms in total. The van der Waals surface area contributed by atoms with Gasteiger partial charge in [-0.25, -0.2) is 21.8 Å². The van der Waals surface area contributed by atoms with E-state index in [9.17, 15) is 22.7 Å². The Morgan fingerprint density at radius 1 is 1.06 bits per heavy atom. The second kappa shape index (κ2) is 9.21. The SMILES string of the molecule is O=C(C=C(O)c1cn(S(=O)(=O)c2ccc(F)cc2)cc1CCc1ccccc1)c1ncn[nH]1. The van der Waals surface area contributed by atoms with E-state index in [1.165, 1.54) is 12.4 Å². The van der Waals surface area contributed by atoms with Crippen LogP contribution < -0.4 is 0 Å². The average molecular weight is 466 g/mol. The molecule has 4 rings (SSSR count). The summed E-state index contributed by atoms with van der Waals surface area (Å²) in [6.07, 6.45) is 5.72. The number of benzene rings is 2. The number of halogens is 1. The van der Waals surface area contributed by atoms with Crippen molar-refractivity contribution in [2.75, 3.05) is 0 Å². The summed E-state index contributed by atoms with van der Waals surface area (Å²) in [5.41, 5.74) is 1.73. The van der Waals surface area contributed by atoms with E-state index < -0.39 is 27.4 Å². The zero-order valence-corrected chi connectivity index (χ0v) is 18.0. The highest BCUT2D eigenvalue weighted by Gasteiger charge is 2.21. The van der Waals surface area contributed by atoms with E-state index in [1.54, 1.807) is 0 Å². The lowest BCUT2D eigenvalue weighted by atomic mass is 10.0. The molecule has 0 unspecified atom stereocenters. The molecule has 0 fully saturated rings. The van der Waals surface area contributed by atoms with Crippen LogP contribution in [0.1, 0.15) is 27.3 Å². The number of carbonyl (C=O) groups is 1. The Balaban J connectivity index is 1.72. The molecule has 168 valence electrons. The van der Waals surface area contributed by atoms with Gasteiger partial charge in [-0.05, 0) is 48.2 Å². The zero-order chi connectivity index (χ0) is 23.4. The standard InChI is InChI=1S/C23H19FN4O4S/c24-18-8-10-19(11-9-18)33(31,32)28-13-17(7-6-16-4-2-1-3-5-16)20(14-28)21(29)12-22(30)23-25-15-26-27-23/h1-5,8-15,29H,6-7H2,(H,25,26,27). The van der Waals surface area contributed by atoms with Crippen LogP contribution in [0, 0.1) is 5.82 Å². The first-order chi connectivity index (χ1) is 15.8. The van der Waals surface area contributed by atoms with Gasteiger partial charge in [0, 0.05) is 24.0 Å². The van der Waals surface area contributed by atoms with E-state index in [0.29, 0.717) is 18.4 Å². The van der Waals surface area contributed by atoms with E-state index in [2.05, 4.69) is 15.2 Å². The second-order valence-electron chi connectivity index (χ2n) is 7.20. The van der Waals surface area contributed by atoms with Crippen molar-refractivity contribution in [1.29, 1.82) is 0 Å². The van der Waals surface area contributed by atoms with Gasteiger partial charge in [0.25, 0.3) is 10.0 Å². The molecule has 2 N–H and O–H groups in total. The molecule has 0 saturated carbocycles. The van der Waals surface area contributed by atoms with E-state index in [4.69, 9.17) is 0 Å². The number of aliphatic hydroxyl groups is 1. The predicted octanol–water partition coefficient (Wildman–Crippen LogP) is 3.55. The van der Waals surface area contributed by atoms with Crippen molar-refractivity contribution in [3.05, 3.63) is 108 Å². The van der Waals surface area contributed by atoms with Crippen LogP contribution in [0.2, 0.25) is 0 Å². The number of carbonyl (C=O) groups excluding carboxylic acids is 1. The Hall–Kier alpha value is -4.05. The molecule has 0 saturated heterocycles. The Kier molecular flexibility index (Phi) is 6.18. The number of aliphatic hydroxyl groups excluding tert-OH is 1. The molecule has 4 aromatic rings. The lowest BCUT2D eigenvalue weighted by Crippen LogP contribution is -2.11. The van der Waals surface area contributed by atoms with Gasteiger partial charge in [0.2, 0.25) is 5.78 Å². The maximum Gasteiger partial charge on any atom is 0.267 e. The summed E-state index contributed by atoms with van der Waals surface area (Å²) >= 11 is 0. The second-order valence-corrected chi connectivity index (χ2v) is 9.04. The van der Waals surface area contributed by atoms with Gasteiger partial charge in [-0.15, -0.1) is 0 Å². The number of hydrogen-bond acceptors (Lipinski definition) is 6. The van der Waals surface area contributed by atoms with E-state index in [0.717, 1.165) is 46.2 Å². The fourth-order valence-electron chi connectivity index (χ4n) is 3.29. The van der Waals surface area contributed by atoms with E-state index in [-0.39, 0.29) is 16.3 Å². The minimum Gasteiger partial charge on any atom is -0.507 e. The number of aromatic amines is 1. The molecule has 2 aromatic carbocycles. The fraction of sp³-hybridized carbons (Fsp3) is 0.0870. The molecule has 2 aromatic heterocycles. The van der Waals surface area contributed by atoms with Crippen molar-refractivity contribution < 1.29 is 22.7 Å². The Morgan fingerprint density at radius 3 is 2.45 bits per heavy atom. The van der Waals surface area contributed by atoms with Crippen LogP contribution in [0.25, 0.3) is 5.76 Å². The predicted molar refractivity (Wildman–Crippen MR) is 119 cm³/mol. The molecule has 0 aliphatic heterocycles. The number of hydrogen-bond donors (Lipinski definition) is 2. The Morgan fingerprint density at radius 2 is 1.79 bits per heavy atom. The van der Waals surface area contributed by atoms with Crippen molar-refractivity contribution in [3.8, 4) is 0 Å².